The molecule has 0 atom stereocenters. The van der Waals surface area contributed by atoms with Crippen molar-refractivity contribution in [2.24, 2.45) is 10.2 Å². The third kappa shape index (κ3) is 5.21. The van der Waals surface area contributed by atoms with Crippen LogP contribution in [0.2, 0.25) is 5.02 Å². The van der Waals surface area contributed by atoms with Gasteiger partial charge in [-0.15, -0.1) is 5.11 Å². The molecular formula is C16H17ClN4O4. The van der Waals surface area contributed by atoms with Crippen LogP contribution in [0.15, 0.2) is 52.7 Å². The van der Waals surface area contributed by atoms with Crippen LogP contribution in [0.3, 0.4) is 0 Å². The first-order valence-electron chi connectivity index (χ1n) is 7.47. The summed E-state index contributed by atoms with van der Waals surface area (Å²) in [6.45, 7) is 0.666. The predicted octanol–water partition coefficient (Wildman–Crippen LogP) is 3.45. The van der Waals surface area contributed by atoms with Gasteiger partial charge >= 0.3 is 0 Å². The maximum atomic E-state index is 10.6. The first-order chi connectivity index (χ1) is 12.0. The quantitative estimate of drug-likeness (QED) is 0.423. The van der Waals surface area contributed by atoms with Crippen molar-refractivity contribution in [1.82, 2.24) is 0 Å². The van der Waals surface area contributed by atoms with Gasteiger partial charge in [-0.05, 0) is 30.3 Å². The van der Waals surface area contributed by atoms with Gasteiger partial charge in [-0.1, -0.05) is 11.6 Å². The van der Waals surface area contributed by atoms with Gasteiger partial charge in [0.15, 0.2) is 0 Å². The Morgan fingerprint density at radius 2 is 1.68 bits per heavy atom. The van der Waals surface area contributed by atoms with Crippen LogP contribution in [-0.4, -0.2) is 41.4 Å². The van der Waals surface area contributed by atoms with E-state index in [4.69, 9.17) is 21.8 Å². The predicted molar refractivity (Wildman–Crippen MR) is 95.1 cm³/mol. The van der Waals surface area contributed by atoms with Crippen molar-refractivity contribution < 1.29 is 15.1 Å². The van der Waals surface area contributed by atoms with Gasteiger partial charge in [-0.2, -0.15) is 5.11 Å². The lowest BCUT2D eigenvalue weighted by Gasteiger charge is -2.23. The summed E-state index contributed by atoms with van der Waals surface area (Å²) < 4.78 is 0. The van der Waals surface area contributed by atoms with Gasteiger partial charge in [-0.3, -0.25) is 10.1 Å². The lowest BCUT2D eigenvalue weighted by Crippen LogP contribution is -2.29. The number of hydrogen-bond acceptors (Lipinski definition) is 7. The number of aliphatic hydroxyl groups excluding tert-OH is 2. The fourth-order valence-electron chi connectivity index (χ4n) is 2.14. The van der Waals surface area contributed by atoms with Crippen LogP contribution in [0.1, 0.15) is 0 Å². The monoisotopic (exact) mass is 364 g/mol. The highest BCUT2D eigenvalue weighted by Gasteiger charge is 2.09. The number of anilines is 1. The van der Waals surface area contributed by atoms with Crippen LogP contribution < -0.4 is 4.90 Å². The summed E-state index contributed by atoms with van der Waals surface area (Å²) in [4.78, 5) is 11.9. The van der Waals surface area contributed by atoms with Gasteiger partial charge in [0.05, 0.1) is 28.8 Å². The first kappa shape index (κ1) is 18.8. The average molecular weight is 365 g/mol. The number of nitro benzene ring substituents is 1. The molecule has 25 heavy (non-hydrogen) atoms. The van der Waals surface area contributed by atoms with Gasteiger partial charge < -0.3 is 15.1 Å². The molecular weight excluding hydrogens is 348 g/mol. The molecule has 0 radical (unpaired) electrons. The summed E-state index contributed by atoms with van der Waals surface area (Å²) in [5, 5.41) is 37.2. The van der Waals surface area contributed by atoms with Crippen molar-refractivity contribution in [3.63, 3.8) is 0 Å². The van der Waals surface area contributed by atoms with Crippen molar-refractivity contribution in [2.45, 2.75) is 0 Å². The highest BCUT2D eigenvalue weighted by molar-refractivity contribution is 6.33. The second kappa shape index (κ2) is 9.07. The standard InChI is InChI=1S/C16H17ClN4O4/c17-15-11-14(20(7-9-22)8-10-23)5-6-16(15)19-18-12-1-3-13(4-2-12)21(24)25/h1-6,11,22-23H,7-10H2. The number of benzene rings is 2. The van der Waals surface area contributed by atoms with E-state index in [0.717, 1.165) is 5.69 Å². The molecule has 0 fully saturated rings. The molecule has 0 bridgehead atoms. The van der Waals surface area contributed by atoms with E-state index in [0.29, 0.717) is 29.5 Å². The Morgan fingerprint density at radius 1 is 1.04 bits per heavy atom. The smallest absolute Gasteiger partial charge is 0.269 e. The molecule has 0 unspecified atom stereocenters. The molecule has 9 heteroatoms. The third-order valence-electron chi connectivity index (χ3n) is 3.37. The molecule has 0 heterocycles. The Balaban J connectivity index is 2.15. The van der Waals surface area contributed by atoms with E-state index in [9.17, 15) is 10.1 Å². The Bertz CT molecular complexity index is 746. The second-order valence-corrected chi connectivity index (χ2v) is 5.45. The number of nitro groups is 1. The highest BCUT2D eigenvalue weighted by atomic mass is 35.5. The molecule has 0 saturated heterocycles. The van der Waals surface area contributed by atoms with Crippen LogP contribution in [0, 0.1) is 10.1 Å². The van der Waals surface area contributed by atoms with E-state index in [2.05, 4.69) is 10.2 Å². The SMILES string of the molecule is O=[N+]([O-])c1ccc(N=Nc2ccc(N(CCO)CCO)cc2Cl)cc1. The number of rotatable bonds is 8. The van der Waals surface area contributed by atoms with Crippen LogP contribution in [0.5, 0.6) is 0 Å². The number of nitrogens with zero attached hydrogens (tertiary/aromatic N) is 4. The van der Waals surface area contributed by atoms with Gasteiger partial charge in [-0.25, -0.2) is 0 Å². The van der Waals surface area contributed by atoms with Gasteiger partial charge in [0, 0.05) is 30.9 Å². The van der Waals surface area contributed by atoms with Gasteiger partial charge in [0.2, 0.25) is 0 Å². The minimum Gasteiger partial charge on any atom is -0.395 e. The maximum absolute atomic E-state index is 10.6. The number of halogens is 1. The second-order valence-electron chi connectivity index (χ2n) is 5.04. The molecule has 2 aromatic rings. The fourth-order valence-corrected chi connectivity index (χ4v) is 2.35. The molecule has 0 spiro atoms. The van der Waals surface area contributed by atoms with E-state index in [1.807, 2.05) is 0 Å². The molecule has 8 nitrogen and oxygen atoms in total. The highest BCUT2D eigenvalue weighted by Crippen LogP contribution is 2.31. The summed E-state index contributed by atoms with van der Waals surface area (Å²) in [5.74, 6) is 0. The molecule has 0 amide bonds. The Hall–Kier alpha value is -2.55. The van der Waals surface area contributed by atoms with Gasteiger partial charge in [0.25, 0.3) is 5.69 Å². The summed E-state index contributed by atoms with van der Waals surface area (Å²) in [7, 11) is 0. The summed E-state index contributed by atoms with van der Waals surface area (Å²) in [6, 6.07) is 10.8. The minimum atomic E-state index is -0.485. The minimum absolute atomic E-state index is 0.0193. The Kier molecular flexibility index (Phi) is 6.81. The molecule has 0 aliphatic carbocycles. The molecule has 0 aliphatic rings. The zero-order valence-electron chi connectivity index (χ0n) is 13.2. The van der Waals surface area contributed by atoms with Crippen molar-refractivity contribution >= 4 is 34.4 Å². The zero-order valence-corrected chi connectivity index (χ0v) is 14.0. The van der Waals surface area contributed by atoms with Gasteiger partial charge in [0.1, 0.15) is 5.69 Å². The summed E-state index contributed by atoms with van der Waals surface area (Å²) in [5.41, 5.74) is 1.64. The Labute approximate surface area is 149 Å². The Morgan fingerprint density at radius 3 is 2.20 bits per heavy atom. The van der Waals surface area contributed by atoms with Crippen molar-refractivity contribution in [2.75, 3.05) is 31.2 Å². The van der Waals surface area contributed by atoms with Crippen LogP contribution in [0.4, 0.5) is 22.7 Å². The average Bonchev–Trinajstić information content (AvgIpc) is 2.61. The zero-order chi connectivity index (χ0) is 18.2. The number of aliphatic hydroxyl groups is 2. The molecule has 2 N–H and O–H groups in total. The summed E-state index contributed by atoms with van der Waals surface area (Å²) >= 11 is 6.21. The van der Waals surface area contributed by atoms with Crippen molar-refractivity contribution in [3.05, 3.63) is 57.6 Å². The van der Waals surface area contributed by atoms with Crippen LogP contribution >= 0.6 is 11.6 Å². The maximum Gasteiger partial charge on any atom is 0.269 e. The third-order valence-corrected chi connectivity index (χ3v) is 3.67. The number of azo groups is 1. The molecule has 0 aliphatic heterocycles. The number of non-ortho nitro benzene ring substituents is 1. The van der Waals surface area contributed by atoms with E-state index in [1.165, 1.54) is 24.3 Å². The number of hydrogen-bond donors (Lipinski definition) is 2. The first-order valence-corrected chi connectivity index (χ1v) is 7.85. The lowest BCUT2D eigenvalue weighted by atomic mass is 10.2. The largest absolute Gasteiger partial charge is 0.395 e. The lowest BCUT2D eigenvalue weighted by molar-refractivity contribution is -0.384. The van der Waals surface area contributed by atoms with Crippen LogP contribution in [0.25, 0.3) is 0 Å². The normalized spacial score (nSPS) is 11.0. The molecule has 2 aromatic carbocycles. The summed E-state index contributed by atoms with van der Waals surface area (Å²) in [6.07, 6.45) is 0. The van der Waals surface area contributed by atoms with E-state index < -0.39 is 4.92 Å². The van der Waals surface area contributed by atoms with Crippen LogP contribution in [-0.2, 0) is 0 Å². The van der Waals surface area contributed by atoms with E-state index in [-0.39, 0.29) is 18.9 Å². The van der Waals surface area contributed by atoms with E-state index in [1.54, 1.807) is 23.1 Å². The molecule has 132 valence electrons. The molecule has 0 saturated carbocycles. The molecule has 0 aromatic heterocycles. The molecule has 2 rings (SSSR count). The topological polar surface area (TPSA) is 112 Å². The van der Waals surface area contributed by atoms with Crippen molar-refractivity contribution in [3.8, 4) is 0 Å². The van der Waals surface area contributed by atoms with Crippen molar-refractivity contribution in [1.29, 1.82) is 0 Å². The fraction of sp³-hybridized carbons (Fsp3) is 0.250. The van der Waals surface area contributed by atoms with E-state index >= 15 is 0 Å².